The quantitative estimate of drug-likeness (QED) is 0.768. The van der Waals surface area contributed by atoms with E-state index in [1.807, 2.05) is 39.8 Å². The molecule has 0 aliphatic carbocycles. The number of carbonyl (C=O) groups excluding carboxylic acids is 1. The highest BCUT2D eigenvalue weighted by Crippen LogP contribution is 2.39. The number of carbonyl (C=O) groups is 1. The van der Waals surface area contributed by atoms with Crippen molar-refractivity contribution in [2.45, 2.75) is 52.7 Å². The van der Waals surface area contributed by atoms with Crippen molar-refractivity contribution in [1.82, 2.24) is 0 Å². The fraction of sp³-hybridized carbons (Fsp3) is 0.500. The van der Waals surface area contributed by atoms with Gasteiger partial charge in [0.15, 0.2) is 5.12 Å². The highest BCUT2D eigenvalue weighted by Gasteiger charge is 2.52. The Morgan fingerprint density at radius 1 is 1.28 bits per heavy atom. The molecule has 1 saturated heterocycles. The molecule has 1 aromatic carbocycles. The molecule has 0 amide bonds. The van der Waals surface area contributed by atoms with Crippen molar-refractivity contribution in [2.75, 3.05) is 5.75 Å². The van der Waals surface area contributed by atoms with Crippen LogP contribution < -0.4 is 0 Å². The third-order valence-corrected chi connectivity index (χ3v) is 5.80. The Morgan fingerprint density at radius 3 is 2.32 bits per heavy atom. The van der Waals surface area contributed by atoms with Gasteiger partial charge in [-0.15, -0.1) is 0 Å². The maximum Gasteiger partial charge on any atom is 0.491 e. The molecule has 1 aliphatic rings. The van der Waals surface area contributed by atoms with Crippen LogP contribution in [0.1, 0.15) is 45.7 Å². The molecule has 7 heteroatoms. The van der Waals surface area contributed by atoms with Crippen LogP contribution in [-0.4, -0.2) is 34.3 Å². The van der Waals surface area contributed by atoms with Crippen LogP contribution in [0.5, 0.6) is 5.75 Å². The summed E-state index contributed by atoms with van der Waals surface area (Å²) in [4.78, 5) is 11.4. The number of phenols is 1. The molecule has 0 aromatic heterocycles. The Labute approximate surface area is 159 Å². The molecule has 0 saturated carbocycles. The molecule has 136 valence electrons. The second-order valence-corrected chi connectivity index (χ2v) is 8.82. The van der Waals surface area contributed by atoms with Crippen molar-refractivity contribution in [3.8, 4) is 5.75 Å². The summed E-state index contributed by atoms with van der Waals surface area (Å²) in [6, 6.07) is 3.53. The molecular formula is C18H24BClO4S. The molecule has 1 fully saturated rings. The minimum absolute atomic E-state index is 0.0299. The minimum atomic E-state index is -0.537. The SMILES string of the molecule is CC(=O)SCC(=Cc1cc(C)c(O)c(Cl)c1)B1OC(C)(C)C(C)(C)O1. The lowest BCUT2D eigenvalue weighted by Crippen LogP contribution is -2.41. The summed E-state index contributed by atoms with van der Waals surface area (Å²) in [6.07, 6.45) is 1.91. The number of benzene rings is 1. The highest BCUT2D eigenvalue weighted by molar-refractivity contribution is 8.13. The fourth-order valence-corrected chi connectivity index (χ4v) is 3.28. The summed E-state index contributed by atoms with van der Waals surface area (Å²) in [6.45, 7) is 11.3. The van der Waals surface area contributed by atoms with Crippen LogP contribution in [0.25, 0.3) is 6.08 Å². The molecular weight excluding hydrogens is 359 g/mol. The second-order valence-electron chi connectivity index (χ2n) is 7.26. The first-order valence-corrected chi connectivity index (χ1v) is 9.48. The molecule has 1 heterocycles. The number of thioether (sulfide) groups is 1. The first-order valence-electron chi connectivity index (χ1n) is 8.11. The van der Waals surface area contributed by atoms with E-state index in [1.54, 1.807) is 13.0 Å². The summed E-state index contributed by atoms with van der Waals surface area (Å²) >= 11 is 7.29. The topological polar surface area (TPSA) is 55.8 Å². The molecule has 1 aromatic rings. The summed E-state index contributed by atoms with van der Waals surface area (Å²) in [5.74, 6) is 0.540. The predicted octanol–water partition coefficient (Wildman–Crippen LogP) is 4.65. The smallest absolute Gasteiger partial charge is 0.491 e. The van der Waals surface area contributed by atoms with E-state index in [2.05, 4.69) is 0 Å². The Morgan fingerprint density at radius 2 is 1.84 bits per heavy atom. The van der Waals surface area contributed by atoms with Crippen molar-refractivity contribution in [2.24, 2.45) is 0 Å². The Kier molecular flexibility index (Phi) is 5.99. The molecule has 2 rings (SSSR count). The van der Waals surface area contributed by atoms with Gasteiger partial charge in [0, 0.05) is 12.7 Å². The second kappa shape index (κ2) is 7.35. The maximum absolute atomic E-state index is 11.4. The average Bonchev–Trinajstić information content (AvgIpc) is 2.68. The molecule has 0 atom stereocenters. The Balaban J connectivity index is 2.38. The molecule has 0 bridgehead atoms. The van der Waals surface area contributed by atoms with Gasteiger partial charge in [0.05, 0.1) is 16.2 Å². The lowest BCUT2D eigenvalue weighted by Gasteiger charge is -2.32. The molecule has 1 N–H and O–H groups in total. The number of aromatic hydroxyl groups is 1. The molecule has 0 radical (unpaired) electrons. The van der Waals surface area contributed by atoms with Crippen molar-refractivity contribution in [3.05, 3.63) is 33.8 Å². The van der Waals surface area contributed by atoms with Gasteiger partial charge in [-0.25, -0.2) is 0 Å². The predicted molar refractivity (Wildman–Crippen MR) is 105 cm³/mol. The molecule has 0 unspecified atom stereocenters. The average molecular weight is 383 g/mol. The number of aryl methyl sites for hydroxylation is 1. The van der Waals surface area contributed by atoms with Crippen LogP contribution in [0.3, 0.4) is 0 Å². The number of hydrogen-bond donors (Lipinski definition) is 1. The van der Waals surface area contributed by atoms with Gasteiger partial charge in [0.2, 0.25) is 0 Å². The lowest BCUT2D eigenvalue weighted by atomic mass is 9.78. The maximum atomic E-state index is 11.4. The van der Waals surface area contributed by atoms with Gasteiger partial charge < -0.3 is 14.4 Å². The van der Waals surface area contributed by atoms with Crippen LogP contribution in [0, 0.1) is 6.92 Å². The number of halogens is 1. The number of hydrogen-bond acceptors (Lipinski definition) is 5. The van der Waals surface area contributed by atoms with Gasteiger partial charge in [0.25, 0.3) is 0 Å². The third-order valence-electron chi connectivity index (χ3n) is 4.63. The van der Waals surface area contributed by atoms with Gasteiger partial charge >= 0.3 is 7.12 Å². The molecule has 0 spiro atoms. The normalized spacial score (nSPS) is 19.3. The fourth-order valence-electron chi connectivity index (χ4n) is 2.42. The minimum Gasteiger partial charge on any atom is -0.506 e. The summed E-state index contributed by atoms with van der Waals surface area (Å²) in [5, 5.41) is 10.2. The van der Waals surface area contributed by atoms with E-state index < -0.39 is 18.3 Å². The van der Waals surface area contributed by atoms with Crippen LogP contribution >= 0.6 is 23.4 Å². The number of rotatable bonds is 4. The zero-order valence-electron chi connectivity index (χ0n) is 15.5. The van der Waals surface area contributed by atoms with Crippen LogP contribution in [0.2, 0.25) is 5.02 Å². The first-order chi connectivity index (χ1) is 11.4. The van der Waals surface area contributed by atoms with Crippen molar-refractivity contribution >= 4 is 41.7 Å². The third kappa shape index (κ3) is 4.62. The Hall–Kier alpha value is -0.945. The summed E-state index contributed by atoms with van der Waals surface area (Å²) in [5.41, 5.74) is 1.45. The monoisotopic (exact) mass is 382 g/mol. The summed E-state index contributed by atoms with van der Waals surface area (Å²) < 4.78 is 12.2. The molecule has 4 nitrogen and oxygen atoms in total. The first kappa shape index (κ1) is 20.4. The van der Waals surface area contributed by atoms with Gasteiger partial charge in [0.1, 0.15) is 5.75 Å². The van der Waals surface area contributed by atoms with Crippen LogP contribution in [-0.2, 0) is 14.1 Å². The largest absolute Gasteiger partial charge is 0.506 e. The van der Waals surface area contributed by atoms with E-state index in [0.717, 1.165) is 11.0 Å². The zero-order chi connectivity index (χ0) is 19.0. The van der Waals surface area contributed by atoms with E-state index in [-0.39, 0.29) is 10.9 Å². The van der Waals surface area contributed by atoms with Gasteiger partial charge in [-0.1, -0.05) is 29.4 Å². The van der Waals surface area contributed by atoms with Crippen molar-refractivity contribution in [3.63, 3.8) is 0 Å². The highest BCUT2D eigenvalue weighted by atomic mass is 35.5. The van der Waals surface area contributed by atoms with Crippen LogP contribution in [0.4, 0.5) is 0 Å². The lowest BCUT2D eigenvalue weighted by molar-refractivity contribution is -0.109. The van der Waals surface area contributed by atoms with E-state index in [9.17, 15) is 9.90 Å². The van der Waals surface area contributed by atoms with E-state index in [1.165, 1.54) is 18.7 Å². The number of phenolic OH excluding ortho intramolecular Hbond substituents is 1. The van der Waals surface area contributed by atoms with E-state index >= 15 is 0 Å². The zero-order valence-corrected chi connectivity index (χ0v) is 17.0. The van der Waals surface area contributed by atoms with E-state index in [4.69, 9.17) is 20.9 Å². The van der Waals surface area contributed by atoms with Crippen molar-refractivity contribution in [1.29, 1.82) is 0 Å². The van der Waals surface area contributed by atoms with Gasteiger partial charge in [-0.05, 0) is 63.4 Å². The standard InChI is InChI=1S/C18H24BClO4S/c1-11-7-13(9-15(20)16(11)22)8-14(10-25-12(2)21)19-23-17(3,4)18(5,6)24-19/h7-9,22H,10H2,1-6H3. The van der Waals surface area contributed by atoms with E-state index in [0.29, 0.717) is 16.3 Å². The van der Waals surface area contributed by atoms with Crippen molar-refractivity contribution < 1.29 is 19.2 Å². The Bertz CT molecular complexity index is 676. The van der Waals surface area contributed by atoms with Crippen LogP contribution in [0.15, 0.2) is 17.6 Å². The van der Waals surface area contributed by atoms with Gasteiger partial charge in [-0.3, -0.25) is 4.79 Å². The molecule has 25 heavy (non-hydrogen) atoms. The van der Waals surface area contributed by atoms with Gasteiger partial charge in [-0.2, -0.15) is 0 Å². The summed E-state index contributed by atoms with van der Waals surface area (Å²) in [7, 11) is -0.537. The molecule has 1 aliphatic heterocycles.